The molecule has 32 heavy (non-hydrogen) atoms. The van der Waals surface area contributed by atoms with E-state index in [-0.39, 0.29) is 11.5 Å². The third-order valence-corrected chi connectivity index (χ3v) is 5.44. The van der Waals surface area contributed by atoms with Crippen molar-refractivity contribution in [2.24, 2.45) is 0 Å². The number of nitrogens with zero attached hydrogens (tertiary/aromatic N) is 2. The molecule has 1 heterocycles. The molecule has 0 saturated heterocycles. The van der Waals surface area contributed by atoms with Crippen molar-refractivity contribution in [3.63, 3.8) is 0 Å². The molecule has 0 radical (unpaired) electrons. The highest BCUT2D eigenvalue weighted by Crippen LogP contribution is 2.28. The lowest BCUT2D eigenvalue weighted by Crippen LogP contribution is -2.23. The van der Waals surface area contributed by atoms with E-state index in [1.165, 1.54) is 0 Å². The average molecular weight is 433 g/mol. The number of aromatic nitrogens is 2. The number of carbonyl (C=O) groups is 1. The maximum absolute atomic E-state index is 12.8. The van der Waals surface area contributed by atoms with Crippen LogP contribution in [0, 0.1) is 0 Å². The first-order chi connectivity index (χ1) is 15.7. The third-order valence-electron chi connectivity index (χ3n) is 5.44. The summed E-state index contributed by atoms with van der Waals surface area (Å²) in [6, 6.07) is 21.7. The lowest BCUT2D eigenvalue weighted by Gasteiger charge is -2.13. The van der Waals surface area contributed by atoms with E-state index in [2.05, 4.69) is 0 Å². The number of carbonyl (C=O) groups excluding carboxylic acids is 1. The fourth-order valence-corrected chi connectivity index (χ4v) is 3.77. The van der Waals surface area contributed by atoms with Crippen LogP contribution in [0.3, 0.4) is 0 Å². The molecule has 0 unspecified atom stereocenters. The average Bonchev–Trinajstić information content (AvgIpc) is 2.82. The van der Waals surface area contributed by atoms with Crippen molar-refractivity contribution in [3.05, 3.63) is 77.1 Å². The number of rotatable bonds is 12. The summed E-state index contributed by atoms with van der Waals surface area (Å²) in [5.41, 5.74) is 3.61. The summed E-state index contributed by atoms with van der Waals surface area (Å²) in [7, 11) is 0. The number of ether oxygens (including phenoxy) is 1. The Hall–Kier alpha value is -3.21. The monoisotopic (exact) mass is 432 g/mol. The molecule has 3 rings (SSSR count). The van der Waals surface area contributed by atoms with Gasteiger partial charge in [0.1, 0.15) is 0 Å². The van der Waals surface area contributed by atoms with Gasteiger partial charge in [0.05, 0.1) is 12.3 Å². The van der Waals surface area contributed by atoms with E-state index < -0.39 is 0 Å². The molecule has 3 aromatic rings. The first-order valence-electron chi connectivity index (χ1n) is 11.6. The Balaban J connectivity index is 1.59. The Labute approximate surface area is 190 Å². The largest absolute Gasteiger partial charge is 0.466 e. The van der Waals surface area contributed by atoms with Crippen molar-refractivity contribution in [3.8, 4) is 22.4 Å². The van der Waals surface area contributed by atoms with Crippen molar-refractivity contribution in [1.29, 1.82) is 0 Å². The molecular weight excluding hydrogens is 400 g/mol. The summed E-state index contributed by atoms with van der Waals surface area (Å²) in [6.07, 6.45) is 6.53. The highest BCUT2D eigenvalue weighted by atomic mass is 16.5. The van der Waals surface area contributed by atoms with Crippen molar-refractivity contribution < 1.29 is 9.53 Å². The van der Waals surface area contributed by atoms with Crippen LogP contribution in [0.5, 0.6) is 0 Å². The van der Waals surface area contributed by atoms with Gasteiger partial charge in [0, 0.05) is 30.2 Å². The molecule has 5 heteroatoms. The molecule has 0 atom stereocenters. The number of esters is 1. The summed E-state index contributed by atoms with van der Waals surface area (Å²) < 4.78 is 6.54. The van der Waals surface area contributed by atoms with Gasteiger partial charge in [-0.05, 0) is 25.3 Å². The smallest absolute Gasteiger partial charge is 0.305 e. The van der Waals surface area contributed by atoms with Gasteiger partial charge in [-0.15, -0.1) is 0 Å². The zero-order valence-electron chi connectivity index (χ0n) is 18.8. The lowest BCUT2D eigenvalue weighted by molar-refractivity contribution is -0.143. The molecule has 0 aliphatic carbocycles. The van der Waals surface area contributed by atoms with Gasteiger partial charge in [-0.2, -0.15) is 5.10 Å². The van der Waals surface area contributed by atoms with Gasteiger partial charge in [-0.25, -0.2) is 4.68 Å². The topological polar surface area (TPSA) is 61.2 Å². The Bertz CT molecular complexity index is 1030. The second-order valence-electron chi connectivity index (χ2n) is 7.88. The predicted octanol–water partition coefficient (Wildman–Crippen LogP) is 5.87. The third kappa shape index (κ3) is 6.91. The lowest BCUT2D eigenvalue weighted by atomic mass is 10.0. The minimum atomic E-state index is -0.105. The first kappa shape index (κ1) is 23.5. The molecule has 1 aromatic heterocycles. The molecule has 0 saturated carbocycles. The van der Waals surface area contributed by atoms with Gasteiger partial charge < -0.3 is 4.74 Å². The summed E-state index contributed by atoms with van der Waals surface area (Å²) in [5.74, 6) is -0.105. The summed E-state index contributed by atoms with van der Waals surface area (Å²) in [6.45, 7) is 2.89. The molecule has 0 bridgehead atoms. The maximum atomic E-state index is 12.8. The van der Waals surface area contributed by atoms with Crippen molar-refractivity contribution in [2.45, 2.75) is 58.4 Å². The highest BCUT2D eigenvalue weighted by molar-refractivity contribution is 5.80. The first-order valence-corrected chi connectivity index (χ1v) is 11.6. The van der Waals surface area contributed by atoms with Gasteiger partial charge in [-0.3, -0.25) is 9.59 Å². The van der Waals surface area contributed by atoms with E-state index in [4.69, 9.17) is 9.84 Å². The molecule has 0 amide bonds. The van der Waals surface area contributed by atoms with Crippen LogP contribution in [-0.4, -0.2) is 22.4 Å². The fraction of sp³-hybridized carbons (Fsp3) is 0.370. The van der Waals surface area contributed by atoms with E-state index in [0.29, 0.717) is 19.6 Å². The summed E-state index contributed by atoms with van der Waals surface area (Å²) in [4.78, 5) is 24.1. The fourth-order valence-electron chi connectivity index (χ4n) is 3.77. The van der Waals surface area contributed by atoms with Crippen LogP contribution in [0.15, 0.2) is 71.5 Å². The van der Waals surface area contributed by atoms with Gasteiger partial charge in [0.2, 0.25) is 0 Å². The zero-order chi connectivity index (χ0) is 22.6. The van der Waals surface area contributed by atoms with E-state index in [1.54, 1.807) is 10.7 Å². The van der Waals surface area contributed by atoms with Crippen LogP contribution in [0.25, 0.3) is 22.4 Å². The second kappa shape index (κ2) is 12.6. The molecule has 0 aliphatic heterocycles. The SMILES string of the molecule is CCOC(=O)CCCCCCCCn1nc(-c2ccccc2)c(-c2ccccc2)cc1=O. The molecule has 5 nitrogen and oxygen atoms in total. The molecular formula is C27H32N2O3. The Morgan fingerprint density at radius 2 is 1.44 bits per heavy atom. The zero-order valence-corrected chi connectivity index (χ0v) is 18.8. The molecule has 0 N–H and O–H groups in total. The van der Waals surface area contributed by atoms with Gasteiger partial charge in [-0.1, -0.05) is 86.3 Å². The minimum absolute atomic E-state index is 0.0713. The molecule has 0 fully saturated rings. The standard InChI is InChI=1S/C27H32N2O3/c1-2-32-26(31)19-13-5-3-4-6-14-20-29-25(30)21-24(22-15-9-7-10-16-22)27(28-29)23-17-11-8-12-18-23/h7-12,15-18,21H,2-6,13-14,19-20H2,1H3. The van der Waals surface area contributed by atoms with Crippen LogP contribution >= 0.6 is 0 Å². The van der Waals surface area contributed by atoms with Gasteiger partial charge in [0.25, 0.3) is 5.56 Å². The van der Waals surface area contributed by atoms with E-state index in [0.717, 1.165) is 60.9 Å². The second-order valence-corrected chi connectivity index (χ2v) is 7.88. The van der Waals surface area contributed by atoms with Crippen LogP contribution in [-0.2, 0) is 16.1 Å². The van der Waals surface area contributed by atoms with E-state index in [9.17, 15) is 9.59 Å². The van der Waals surface area contributed by atoms with Gasteiger partial charge >= 0.3 is 5.97 Å². The van der Waals surface area contributed by atoms with Crippen LogP contribution in [0.1, 0.15) is 51.9 Å². The number of aryl methyl sites for hydroxylation is 1. The molecule has 0 spiro atoms. The summed E-state index contributed by atoms with van der Waals surface area (Å²) >= 11 is 0. The van der Waals surface area contributed by atoms with Crippen LogP contribution < -0.4 is 5.56 Å². The Morgan fingerprint density at radius 1 is 0.844 bits per heavy atom. The van der Waals surface area contributed by atoms with Crippen molar-refractivity contribution >= 4 is 5.97 Å². The van der Waals surface area contributed by atoms with E-state index in [1.807, 2.05) is 67.6 Å². The Morgan fingerprint density at radius 3 is 2.09 bits per heavy atom. The number of hydrogen-bond donors (Lipinski definition) is 0. The van der Waals surface area contributed by atoms with Crippen molar-refractivity contribution in [2.75, 3.05) is 6.61 Å². The van der Waals surface area contributed by atoms with Crippen LogP contribution in [0.4, 0.5) is 0 Å². The quantitative estimate of drug-likeness (QED) is 0.265. The molecule has 168 valence electrons. The van der Waals surface area contributed by atoms with E-state index >= 15 is 0 Å². The van der Waals surface area contributed by atoms with Crippen molar-refractivity contribution in [1.82, 2.24) is 9.78 Å². The van der Waals surface area contributed by atoms with Gasteiger partial charge in [0.15, 0.2) is 0 Å². The predicted molar refractivity (Wildman–Crippen MR) is 128 cm³/mol. The Kier molecular flexibility index (Phi) is 9.23. The highest BCUT2D eigenvalue weighted by Gasteiger charge is 2.12. The molecule has 0 aliphatic rings. The maximum Gasteiger partial charge on any atom is 0.305 e. The number of unbranched alkanes of at least 4 members (excludes halogenated alkanes) is 5. The molecule has 2 aromatic carbocycles. The van der Waals surface area contributed by atoms with Crippen LogP contribution in [0.2, 0.25) is 0 Å². The summed E-state index contributed by atoms with van der Waals surface area (Å²) in [5, 5.41) is 4.76. The normalized spacial score (nSPS) is 10.8. The number of benzene rings is 2. The minimum Gasteiger partial charge on any atom is -0.466 e. The number of hydrogen-bond acceptors (Lipinski definition) is 4.